The maximum absolute atomic E-state index is 13.6. The molecule has 1 heterocycles. The topological polar surface area (TPSA) is 75.7 Å². The molecule has 1 aliphatic rings. The van der Waals surface area contributed by atoms with E-state index in [1.807, 2.05) is 0 Å². The first-order valence-corrected chi connectivity index (χ1v) is 9.07. The zero-order valence-electron chi connectivity index (χ0n) is 15.5. The molecule has 6 nitrogen and oxygen atoms in total. The van der Waals surface area contributed by atoms with Crippen LogP contribution in [0.25, 0.3) is 0 Å². The van der Waals surface area contributed by atoms with E-state index >= 15 is 0 Å². The Balaban J connectivity index is 1.53. The fourth-order valence-electron chi connectivity index (χ4n) is 3.07. The molecule has 28 heavy (non-hydrogen) atoms. The number of carbonyl (C=O) groups is 3. The summed E-state index contributed by atoms with van der Waals surface area (Å²) < 4.78 is 19.1. The summed E-state index contributed by atoms with van der Waals surface area (Å²) in [6, 6.07) is 12.8. The summed E-state index contributed by atoms with van der Waals surface area (Å²) in [7, 11) is 0. The number of piperidine rings is 1. The van der Waals surface area contributed by atoms with Crippen LogP contribution in [-0.4, -0.2) is 35.6 Å². The minimum Gasteiger partial charge on any atom is -0.454 e. The van der Waals surface area contributed by atoms with Crippen LogP contribution < -0.4 is 10.1 Å². The molecule has 0 saturated carbocycles. The van der Waals surface area contributed by atoms with Crippen molar-refractivity contribution >= 4 is 23.3 Å². The molecular formula is C21H21FN2O4. The van der Waals surface area contributed by atoms with E-state index in [0.717, 1.165) is 0 Å². The number of para-hydroxylation sites is 1. The number of ketones is 1. The normalized spacial score (nSPS) is 14.4. The number of halogens is 1. The standard InChI is InChI=1S/C21H21FN2O4/c1-14(25)21(27)24-12-10-15(11-13-24)20(26)23-16-6-8-17(9-7-16)28-19-5-3-2-4-18(19)22/h2-9,15H,10-13H2,1H3,(H,23,26). The highest BCUT2D eigenvalue weighted by Gasteiger charge is 2.28. The van der Waals surface area contributed by atoms with Crippen LogP contribution in [0.5, 0.6) is 11.5 Å². The van der Waals surface area contributed by atoms with Gasteiger partial charge in [-0.05, 0) is 49.2 Å². The maximum atomic E-state index is 13.6. The van der Waals surface area contributed by atoms with Crippen molar-refractivity contribution in [1.82, 2.24) is 4.90 Å². The molecule has 2 amide bonds. The van der Waals surface area contributed by atoms with Crippen LogP contribution >= 0.6 is 0 Å². The quantitative estimate of drug-likeness (QED) is 0.802. The summed E-state index contributed by atoms with van der Waals surface area (Å²) in [5.41, 5.74) is 0.605. The Bertz CT molecular complexity index is 874. The van der Waals surface area contributed by atoms with E-state index < -0.39 is 17.5 Å². The van der Waals surface area contributed by atoms with Gasteiger partial charge in [-0.3, -0.25) is 14.4 Å². The molecule has 0 atom stereocenters. The lowest BCUT2D eigenvalue weighted by atomic mass is 9.95. The number of nitrogens with zero attached hydrogens (tertiary/aromatic N) is 1. The first kappa shape index (κ1) is 19.5. The highest BCUT2D eigenvalue weighted by molar-refractivity contribution is 6.35. The van der Waals surface area contributed by atoms with E-state index in [9.17, 15) is 18.8 Å². The van der Waals surface area contributed by atoms with Crippen LogP contribution in [-0.2, 0) is 14.4 Å². The highest BCUT2D eigenvalue weighted by atomic mass is 19.1. The summed E-state index contributed by atoms with van der Waals surface area (Å²) in [5.74, 6) is -1.19. The number of likely N-dealkylation sites (tertiary alicyclic amines) is 1. The highest BCUT2D eigenvalue weighted by Crippen LogP contribution is 2.26. The van der Waals surface area contributed by atoms with E-state index in [2.05, 4.69) is 5.32 Å². The molecular weight excluding hydrogens is 363 g/mol. The molecule has 1 saturated heterocycles. The van der Waals surface area contributed by atoms with Crippen molar-refractivity contribution in [3.63, 3.8) is 0 Å². The first-order chi connectivity index (χ1) is 13.4. The molecule has 3 rings (SSSR count). The predicted molar refractivity (Wildman–Crippen MR) is 102 cm³/mol. The molecule has 146 valence electrons. The van der Waals surface area contributed by atoms with Gasteiger partial charge < -0.3 is 15.0 Å². The van der Waals surface area contributed by atoms with E-state index in [4.69, 9.17) is 4.74 Å². The van der Waals surface area contributed by atoms with Crippen molar-refractivity contribution < 1.29 is 23.5 Å². The second-order valence-corrected chi connectivity index (χ2v) is 6.67. The number of anilines is 1. The van der Waals surface area contributed by atoms with Gasteiger partial charge >= 0.3 is 0 Å². The first-order valence-electron chi connectivity index (χ1n) is 9.07. The molecule has 0 aromatic heterocycles. The number of benzene rings is 2. The van der Waals surface area contributed by atoms with Crippen LogP contribution in [0.2, 0.25) is 0 Å². The lowest BCUT2D eigenvalue weighted by molar-refractivity contribution is -0.145. The number of nitrogens with one attached hydrogen (secondary N) is 1. The van der Waals surface area contributed by atoms with Gasteiger partial charge in [0.15, 0.2) is 11.6 Å². The van der Waals surface area contributed by atoms with Gasteiger partial charge in [0.1, 0.15) is 5.75 Å². The van der Waals surface area contributed by atoms with E-state index in [1.165, 1.54) is 24.0 Å². The molecule has 1 fully saturated rings. The molecule has 2 aromatic carbocycles. The Kier molecular flexibility index (Phi) is 6.03. The van der Waals surface area contributed by atoms with E-state index in [-0.39, 0.29) is 17.6 Å². The summed E-state index contributed by atoms with van der Waals surface area (Å²) in [4.78, 5) is 36.8. The van der Waals surface area contributed by atoms with E-state index in [1.54, 1.807) is 36.4 Å². The van der Waals surface area contributed by atoms with Crippen molar-refractivity contribution in [1.29, 1.82) is 0 Å². The van der Waals surface area contributed by atoms with Gasteiger partial charge in [0.05, 0.1) is 0 Å². The van der Waals surface area contributed by atoms with Crippen LogP contribution in [0.3, 0.4) is 0 Å². The van der Waals surface area contributed by atoms with Crippen LogP contribution in [0.4, 0.5) is 10.1 Å². The van der Waals surface area contributed by atoms with Crippen LogP contribution in [0, 0.1) is 11.7 Å². The minimum atomic E-state index is -0.496. The summed E-state index contributed by atoms with van der Waals surface area (Å²) in [5, 5.41) is 2.84. The van der Waals surface area contributed by atoms with Gasteiger partial charge in [0.2, 0.25) is 11.7 Å². The Labute approximate surface area is 162 Å². The largest absolute Gasteiger partial charge is 0.454 e. The van der Waals surface area contributed by atoms with Crippen molar-refractivity contribution in [2.75, 3.05) is 18.4 Å². The fraction of sp³-hybridized carbons (Fsp3) is 0.286. The maximum Gasteiger partial charge on any atom is 0.289 e. The predicted octanol–water partition coefficient (Wildman–Crippen LogP) is 3.38. The smallest absolute Gasteiger partial charge is 0.289 e. The average Bonchev–Trinajstić information content (AvgIpc) is 2.70. The van der Waals surface area contributed by atoms with Gasteiger partial charge in [-0.2, -0.15) is 0 Å². The Hall–Kier alpha value is -3.22. The zero-order chi connectivity index (χ0) is 20.1. The molecule has 0 unspecified atom stereocenters. The molecule has 2 aromatic rings. The SMILES string of the molecule is CC(=O)C(=O)N1CCC(C(=O)Nc2ccc(Oc3ccccc3F)cc2)CC1. The van der Waals surface area contributed by atoms with Gasteiger partial charge in [-0.25, -0.2) is 4.39 Å². The zero-order valence-corrected chi connectivity index (χ0v) is 15.5. The van der Waals surface area contributed by atoms with Gasteiger partial charge in [-0.1, -0.05) is 12.1 Å². The third-order valence-electron chi connectivity index (χ3n) is 4.64. The second kappa shape index (κ2) is 8.65. The number of carbonyl (C=O) groups excluding carboxylic acids is 3. The van der Waals surface area contributed by atoms with Crippen LogP contribution in [0.15, 0.2) is 48.5 Å². The van der Waals surface area contributed by atoms with Crippen molar-refractivity contribution in [3.8, 4) is 11.5 Å². The molecule has 0 spiro atoms. The molecule has 0 aliphatic carbocycles. The number of hydrogen-bond acceptors (Lipinski definition) is 4. The molecule has 7 heteroatoms. The second-order valence-electron chi connectivity index (χ2n) is 6.67. The number of ether oxygens (including phenoxy) is 1. The third kappa shape index (κ3) is 4.73. The molecule has 1 N–H and O–H groups in total. The lowest BCUT2D eigenvalue weighted by Gasteiger charge is -2.30. The van der Waals surface area contributed by atoms with Gasteiger partial charge in [0.25, 0.3) is 5.91 Å². The van der Waals surface area contributed by atoms with Crippen LogP contribution in [0.1, 0.15) is 19.8 Å². The summed E-state index contributed by atoms with van der Waals surface area (Å²) in [6.07, 6.45) is 1.03. The number of Topliss-reactive ketones (excluding diaryl/α,β-unsaturated/α-hetero) is 1. The average molecular weight is 384 g/mol. The Morgan fingerprint density at radius 3 is 2.29 bits per heavy atom. The molecule has 0 bridgehead atoms. The van der Waals surface area contributed by atoms with Crippen molar-refractivity contribution in [2.24, 2.45) is 5.92 Å². The Morgan fingerprint density at radius 1 is 1.04 bits per heavy atom. The fourth-order valence-corrected chi connectivity index (χ4v) is 3.07. The van der Waals surface area contributed by atoms with Gasteiger partial charge in [0, 0.05) is 31.6 Å². The molecule has 0 radical (unpaired) electrons. The lowest BCUT2D eigenvalue weighted by Crippen LogP contribution is -2.43. The third-order valence-corrected chi connectivity index (χ3v) is 4.64. The number of hydrogen-bond donors (Lipinski definition) is 1. The van der Waals surface area contributed by atoms with Crippen molar-refractivity contribution in [3.05, 3.63) is 54.3 Å². The summed E-state index contributed by atoms with van der Waals surface area (Å²) in [6.45, 7) is 2.04. The summed E-state index contributed by atoms with van der Waals surface area (Å²) >= 11 is 0. The van der Waals surface area contributed by atoms with Crippen molar-refractivity contribution in [2.45, 2.75) is 19.8 Å². The monoisotopic (exact) mass is 384 g/mol. The number of rotatable bonds is 5. The van der Waals surface area contributed by atoms with Gasteiger partial charge in [-0.15, -0.1) is 0 Å². The molecule has 1 aliphatic heterocycles. The van der Waals surface area contributed by atoms with E-state index in [0.29, 0.717) is 37.4 Å². The number of amides is 2. The minimum absolute atomic E-state index is 0.127. The Morgan fingerprint density at radius 2 is 1.68 bits per heavy atom.